The number of rotatable bonds is 6. The predicted octanol–water partition coefficient (Wildman–Crippen LogP) is 9.28. The lowest BCUT2D eigenvalue weighted by Crippen LogP contribution is -2.60. The average molecular weight is 521 g/mol. The van der Waals surface area contributed by atoms with Gasteiger partial charge in [-0.1, -0.05) is 46.3 Å². The van der Waals surface area contributed by atoms with Crippen LogP contribution in [0.5, 0.6) is 5.75 Å². The molecule has 38 heavy (non-hydrogen) atoms. The van der Waals surface area contributed by atoms with Crippen LogP contribution in [0.2, 0.25) is 0 Å². The summed E-state index contributed by atoms with van der Waals surface area (Å²) in [5.41, 5.74) is 16.3. The largest absolute Gasteiger partial charge is 0.488 e. The van der Waals surface area contributed by atoms with Crippen molar-refractivity contribution in [2.24, 2.45) is 51.8 Å². The summed E-state index contributed by atoms with van der Waals surface area (Å²) in [6.07, 6.45) is 16.2. The van der Waals surface area contributed by atoms with E-state index in [4.69, 9.17) is 16.2 Å². The van der Waals surface area contributed by atoms with E-state index >= 15 is 0 Å². The third kappa shape index (κ3) is 4.58. The van der Waals surface area contributed by atoms with Gasteiger partial charge in [0.1, 0.15) is 11.9 Å². The minimum absolute atomic E-state index is 0.118. The van der Waals surface area contributed by atoms with E-state index in [1.54, 1.807) is 0 Å². The molecule has 3 nitrogen and oxygen atoms in total. The van der Waals surface area contributed by atoms with Gasteiger partial charge in [0.15, 0.2) is 0 Å². The highest BCUT2D eigenvalue weighted by Gasteiger charge is 2.63. The van der Waals surface area contributed by atoms with Gasteiger partial charge in [0, 0.05) is 17.2 Å². The van der Waals surface area contributed by atoms with Crippen LogP contribution < -0.4 is 16.2 Å². The third-order valence-electron chi connectivity index (χ3n) is 12.8. The summed E-state index contributed by atoms with van der Waals surface area (Å²) in [6, 6.07) is 5.66. The van der Waals surface area contributed by atoms with E-state index in [0.717, 1.165) is 47.4 Å². The second kappa shape index (κ2) is 10.1. The Labute approximate surface area is 233 Å². The molecule has 5 rings (SSSR count). The van der Waals surface area contributed by atoms with Crippen molar-refractivity contribution in [3.8, 4) is 5.75 Å². The number of fused-ring (bicyclic) bond motifs is 5. The summed E-state index contributed by atoms with van der Waals surface area (Å²) in [5, 5.41) is 0. The molecule has 3 heteroatoms. The number of allylic oxidation sites excluding steroid dienone is 2. The molecule has 0 aromatic heterocycles. The summed E-state index contributed by atoms with van der Waals surface area (Å²) in [5.74, 6) is 5.94. The minimum Gasteiger partial charge on any atom is -0.488 e. The lowest BCUT2D eigenvalue weighted by atomic mass is 9.41. The van der Waals surface area contributed by atoms with Crippen LogP contribution in [-0.4, -0.2) is 6.10 Å². The molecule has 0 bridgehead atoms. The van der Waals surface area contributed by atoms with E-state index in [1.165, 1.54) is 63.4 Å². The average Bonchev–Trinajstić information content (AvgIpc) is 3.20. The molecular formula is C35H56N2O. The first-order valence-electron chi connectivity index (χ1n) is 15.8. The first-order valence-corrected chi connectivity index (χ1v) is 15.8. The van der Waals surface area contributed by atoms with E-state index < -0.39 is 0 Å². The SMILES string of the molecule is CC(C)=CCCC(C)C1CCC2C3CCC4C(C)(C)C(Oc5cc(N)ccc5N)CCC4(C)C3CCC12C. The Bertz CT molecular complexity index is 1040. The summed E-state index contributed by atoms with van der Waals surface area (Å²) in [6.45, 7) is 17.4. The first-order chi connectivity index (χ1) is 17.9. The summed E-state index contributed by atoms with van der Waals surface area (Å²) < 4.78 is 6.68. The Balaban J connectivity index is 1.32. The zero-order valence-corrected chi connectivity index (χ0v) is 25.5. The van der Waals surface area contributed by atoms with Crippen LogP contribution >= 0.6 is 0 Å². The van der Waals surface area contributed by atoms with Crippen molar-refractivity contribution in [1.29, 1.82) is 0 Å². The number of nitrogen functional groups attached to an aromatic ring is 2. The van der Waals surface area contributed by atoms with Crippen molar-refractivity contribution in [3.05, 3.63) is 29.8 Å². The molecule has 0 heterocycles. The fourth-order valence-corrected chi connectivity index (χ4v) is 10.9. The molecule has 4 fully saturated rings. The number of nitrogens with two attached hydrogens (primary N) is 2. The molecule has 0 saturated heterocycles. The van der Waals surface area contributed by atoms with Crippen LogP contribution in [0.15, 0.2) is 29.8 Å². The molecule has 4 saturated carbocycles. The van der Waals surface area contributed by atoms with Crippen LogP contribution in [0, 0.1) is 51.8 Å². The molecule has 212 valence electrons. The highest BCUT2D eigenvalue weighted by atomic mass is 16.5. The lowest BCUT2D eigenvalue weighted by molar-refractivity contribution is -0.174. The number of benzene rings is 1. The molecule has 4 aliphatic carbocycles. The summed E-state index contributed by atoms with van der Waals surface area (Å²) >= 11 is 0. The van der Waals surface area contributed by atoms with Crippen molar-refractivity contribution in [2.45, 2.75) is 119 Å². The van der Waals surface area contributed by atoms with E-state index in [0.29, 0.717) is 22.4 Å². The molecule has 0 spiro atoms. The van der Waals surface area contributed by atoms with E-state index in [1.807, 2.05) is 18.2 Å². The van der Waals surface area contributed by atoms with Crippen molar-refractivity contribution >= 4 is 11.4 Å². The zero-order valence-electron chi connectivity index (χ0n) is 25.5. The number of hydrogen-bond acceptors (Lipinski definition) is 3. The molecule has 0 radical (unpaired) electrons. The highest BCUT2D eigenvalue weighted by molar-refractivity contribution is 5.59. The van der Waals surface area contributed by atoms with Crippen LogP contribution in [0.1, 0.15) is 113 Å². The van der Waals surface area contributed by atoms with Gasteiger partial charge in [-0.15, -0.1) is 0 Å². The summed E-state index contributed by atoms with van der Waals surface area (Å²) in [4.78, 5) is 0. The predicted molar refractivity (Wildman–Crippen MR) is 162 cm³/mol. The highest BCUT2D eigenvalue weighted by Crippen LogP contribution is 2.70. The van der Waals surface area contributed by atoms with Gasteiger partial charge in [-0.2, -0.15) is 0 Å². The Hall–Kier alpha value is -1.64. The maximum atomic E-state index is 6.68. The maximum Gasteiger partial charge on any atom is 0.144 e. The van der Waals surface area contributed by atoms with Crippen LogP contribution in [0.4, 0.5) is 11.4 Å². The van der Waals surface area contributed by atoms with Crippen LogP contribution in [0.3, 0.4) is 0 Å². The van der Waals surface area contributed by atoms with Gasteiger partial charge in [-0.3, -0.25) is 0 Å². The molecule has 4 aliphatic rings. The van der Waals surface area contributed by atoms with Gasteiger partial charge in [-0.25, -0.2) is 0 Å². The fraction of sp³-hybridized carbons (Fsp3) is 0.771. The van der Waals surface area contributed by atoms with Gasteiger partial charge in [0.05, 0.1) is 5.69 Å². The van der Waals surface area contributed by atoms with Gasteiger partial charge in [-0.05, 0) is 137 Å². The van der Waals surface area contributed by atoms with Crippen molar-refractivity contribution in [3.63, 3.8) is 0 Å². The Morgan fingerprint density at radius 2 is 1.66 bits per heavy atom. The number of ether oxygens (including phenoxy) is 1. The molecular weight excluding hydrogens is 464 g/mol. The van der Waals surface area contributed by atoms with Gasteiger partial charge < -0.3 is 16.2 Å². The smallest absolute Gasteiger partial charge is 0.144 e. The number of anilines is 2. The molecule has 4 N–H and O–H groups in total. The van der Waals surface area contributed by atoms with Crippen molar-refractivity contribution < 1.29 is 4.74 Å². The van der Waals surface area contributed by atoms with E-state index in [-0.39, 0.29) is 11.5 Å². The topological polar surface area (TPSA) is 61.3 Å². The second-order valence-electron chi connectivity index (χ2n) is 15.3. The molecule has 9 atom stereocenters. The van der Waals surface area contributed by atoms with Gasteiger partial charge in [0.25, 0.3) is 0 Å². The summed E-state index contributed by atoms with van der Waals surface area (Å²) in [7, 11) is 0. The Morgan fingerprint density at radius 3 is 2.39 bits per heavy atom. The molecule has 0 amide bonds. The molecule has 9 unspecified atom stereocenters. The fourth-order valence-electron chi connectivity index (χ4n) is 10.9. The van der Waals surface area contributed by atoms with Crippen molar-refractivity contribution in [1.82, 2.24) is 0 Å². The standard InChI is InChI=1S/C35H56N2O/c1-22(2)9-8-10-23(3)26-13-14-27-25-12-16-31-33(4,5)32(38-30-21-24(36)11-15-29(30)37)18-20-35(31,7)28(25)17-19-34(26,27)6/h9,11,15,21,23,25-28,31-32H,8,10,12-14,16-20,36-37H2,1-7H3. The first kappa shape index (κ1) is 27.9. The van der Waals surface area contributed by atoms with Crippen LogP contribution in [-0.2, 0) is 0 Å². The van der Waals surface area contributed by atoms with Crippen LogP contribution in [0.25, 0.3) is 0 Å². The normalized spacial score (nSPS) is 40.4. The van der Waals surface area contributed by atoms with E-state index in [2.05, 4.69) is 54.5 Å². The third-order valence-corrected chi connectivity index (χ3v) is 12.8. The lowest BCUT2D eigenvalue weighted by Gasteiger charge is -2.65. The zero-order chi connectivity index (χ0) is 27.5. The quantitative estimate of drug-likeness (QED) is 0.290. The minimum atomic E-state index is 0.118. The van der Waals surface area contributed by atoms with Gasteiger partial charge in [0.2, 0.25) is 0 Å². The molecule has 1 aromatic rings. The molecule has 1 aromatic carbocycles. The second-order valence-corrected chi connectivity index (χ2v) is 15.3. The van der Waals surface area contributed by atoms with E-state index in [9.17, 15) is 0 Å². The number of hydrogen-bond donors (Lipinski definition) is 2. The Kier molecular flexibility index (Phi) is 7.40. The molecule has 0 aliphatic heterocycles. The Morgan fingerprint density at radius 1 is 0.947 bits per heavy atom. The van der Waals surface area contributed by atoms with Crippen molar-refractivity contribution in [2.75, 3.05) is 11.5 Å². The monoisotopic (exact) mass is 520 g/mol. The maximum absolute atomic E-state index is 6.68. The van der Waals surface area contributed by atoms with Gasteiger partial charge >= 0.3 is 0 Å².